The van der Waals surface area contributed by atoms with E-state index in [1.807, 2.05) is 19.9 Å². The standard InChI is InChI=1S/C19H18F3N5/c1-3-11(2)24-19-25-16(12-5-4-6-23-10-12)9-17(27-19)26-18-14(21)7-13(20)8-15(18)22/h4-11H,3H2,1-2H3,(H2,24,25,26,27)/t11-/m0/s1. The Morgan fingerprint density at radius 1 is 1.07 bits per heavy atom. The molecule has 0 saturated carbocycles. The van der Waals surface area contributed by atoms with Gasteiger partial charge in [-0.2, -0.15) is 4.98 Å². The first-order chi connectivity index (χ1) is 13.0. The van der Waals surface area contributed by atoms with Gasteiger partial charge in [-0.05, 0) is 25.5 Å². The highest BCUT2D eigenvalue weighted by Gasteiger charge is 2.15. The van der Waals surface area contributed by atoms with Crippen molar-refractivity contribution in [2.45, 2.75) is 26.3 Å². The van der Waals surface area contributed by atoms with Gasteiger partial charge in [0.15, 0.2) is 11.6 Å². The zero-order valence-corrected chi connectivity index (χ0v) is 14.8. The number of halogens is 3. The number of hydrogen-bond acceptors (Lipinski definition) is 5. The van der Waals surface area contributed by atoms with Crippen LogP contribution in [0.2, 0.25) is 0 Å². The van der Waals surface area contributed by atoms with E-state index >= 15 is 0 Å². The summed E-state index contributed by atoms with van der Waals surface area (Å²) >= 11 is 0. The number of nitrogens with one attached hydrogen (secondary N) is 2. The normalized spacial score (nSPS) is 11.9. The van der Waals surface area contributed by atoms with Crippen LogP contribution in [-0.2, 0) is 0 Å². The van der Waals surface area contributed by atoms with Gasteiger partial charge in [0.05, 0.1) is 5.69 Å². The van der Waals surface area contributed by atoms with Crippen molar-refractivity contribution in [1.29, 1.82) is 0 Å². The Balaban J connectivity index is 2.02. The number of pyridine rings is 1. The molecule has 0 aliphatic rings. The summed E-state index contributed by atoms with van der Waals surface area (Å²) in [6.45, 7) is 3.97. The molecule has 0 radical (unpaired) electrons. The van der Waals surface area contributed by atoms with Gasteiger partial charge in [-0.15, -0.1) is 0 Å². The minimum atomic E-state index is -1.05. The van der Waals surface area contributed by atoms with Gasteiger partial charge in [-0.25, -0.2) is 18.2 Å². The fraction of sp³-hybridized carbons (Fsp3) is 0.211. The van der Waals surface area contributed by atoms with Crippen molar-refractivity contribution in [2.75, 3.05) is 10.6 Å². The molecule has 1 aromatic carbocycles. The Kier molecular flexibility index (Phi) is 5.54. The first kappa shape index (κ1) is 18.6. The molecule has 0 unspecified atom stereocenters. The molecule has 0 bridgehead atoms. The van der Waals surface area contributed by atoms with Crippen LogP contribution in [-0.4, -0.2) is 21.0 Å². The molecular formula is C19H18F3N5. The van der Waals surface area contributed by atoms with Crippen molar-refractivity contribution in [2.24, 2.45) is 0 Å². The summed E-state index contributed by atoms with van der Waals surface area (Å²) in [5.41, 5.74) is 0.756. The van der Waals surface area contributed by atoms with Crippen LogP contribution < -0.4 is 10.6 Å². The summed E-state index contributed by atoms with van der Waals surface area (Å²) in [7, 11) is 0. The lowest BCUT2D eigenvalue weighted by molar-refractivity contribution is 0.548. The zero-order valence-electron chi connectivity index (χ0n) is 14.8. The first-order valence-electron chi connectivity index (χ1n) is 8.44. The third-order valence-electron chi connectivity index (χ3n) is 3.93. The number of rotatable bonds is 6. The Labute approximate surface area is 154 Å². The summed E-state index contributed by atoms with van der Waals surface area (Å²) in [5, 5.41) is 5.72. The average Bonchev–Trinajstić information content (AvgIpc) is 2.65. The first-order valence-corrected chi connectivity index (χ1v) is 8.44. The second-order valence-electron chi connectivity index (χ2n) is 6.03. The molecule has 0 aliphatic heterocycles. The Hall–Kier alpha value is -3.16. The second-order valence-corrected chi connectivity index (χ2v) is 6.03. The van der Waals surface area contributed by atoms with E-state index < -0.39 is 23.1 Å². The quantitative estimate of drug-likeness (QED) is 0.643. The van der Waals surface area contributed by atoms with E-state index in [2.05, 4.69) is 25.6 Å². The van der Waals surface area contributed by atoms with Crippen LogP contribution in [0.25, 0.3) is 11.3 Å². The molecule has 0 spiro atoms. The molecule has 1 atom stereocenters. The predicted molar refractivity (Wildman–Crippen MR) is 98.2 cm³/mol. The van der Waals surface area contributed by atoms with Crippen LogP contribution in [0.5, 0.6) is 0 Å². The van der Waals surface area contributed by atoms with Crippen LogP contribution in [0.15, 0.2) is 42.7 Å². The van der Waals surface area contributed by atoms with Crippen molar-refractivity contribution < 1.29 is 13.2 Å². The topological polar surface area (TPSA) is 62.7 Å². The van der Waals surface area contributed by atoms with Crippen LogP contribution in [0.1, 0.15) is 20.3 Å². The number of anilines is 3. The molecule has 27 heavy (non-hydrogen) atoms. The molecule has 2 heterocycles. The van der Waals surface area contributed by atoms with E-state index in [0.717, 1.165) is 12.0 Å². The van der Waals surface area contributed by atoms with E-state index in [-0.39, 0.29) is 11.9 Å². The van der Waals surface area contributed by atoms with Gasteiger partial charge < -0.3 is 10.6 Å². The minimum absolute atomic E-state index is 0.0984. The SMILES string of the molecule is CC[C@H](C)Nc1nc(Nc2c(F)cc(F)cc2F)cc(-c2cccnc2)n1. The van der Waals surface area contributed by atoms with Crippen molar-refractivity contribution in [3.8, 4) is 11.3 Å². The third kappa shape index (κ3) is 4.52. The van der Waals surface area contributed by atoms with Gasteiger partial charge in [0.1, 0.15) is 17.3 Å². The fourth-order valence-corrected chi connectivity index (χ4v) is 2.35. The molecular weight excluding hydrogens is 355 g/mol. The summed E-state index contributed by atoms with van der Waals surface area (Å²) in [5.74, 6) is -2.63. The Morgan fingerprint density at radius 2 is 1.81 bits per heavy atom. The summed E-state index contributed by atoms with van der Waals surface area (Å²) in [6, 6.07) is 6.42. The van der Waals surface area contributed by atoms with Crippen molar-refractivity contribution in [3.63, 3.8) is 0 Å². The smallest absolute Gasteiger partial charge is 0.225 e. The monoisotopic (exact) mass is 373 g/mol. The molecule has 5 nitrogen and oxygen atoms in total. The molecule has 3 rings (SSSR count). The lowest BCUT2D eigenvalue weighted by atomic mass is 10.2. The van der Waals surface area contributed by atoms with Gasteiger partial charge in [0.25, 0.3) is 0 Å². The Bertz CT molecular complexity index is 911. The number of benzene rings is 1. The van der Waals surface area contributed by atoms with E-state index in [9.17, 15) is 13.2 Å². The van der Waals surface area contributed by atoms with Gasteiger partial charge in [-0.3, -0.25) is 4.98 Å². The molecule has 8 heteroatoms. The molecule has 0 saturated heterocycles. The number of nitrogens with zero attached hydrogens (tertiary/aromatic N) is 3. The fourth-order valence-electron chi connectivity index (χ4n) is 2.35. The molecule has 0 aliphatic carbocycles. The molecule has 3 aromatic rings. The van der Waals surface area contributed by atoms with E-state index in [4.69, 9.17) is 0 Å². The van der Waals surface area contributed by atoms with Gasteiger partial charge >= 0.3 is 0 Å². The molecule has 0 amide bonds. The van der Waals surface area contributed by atoms with Gasteiger partial charge in [0, 0.05) is 42.2 Å². The maximum atomic E-state index is 14.0. The molecule has 0 fully saturated rings. The molecule has 2 N–H and O–H groups in total. The van der Waals surface area contributed by atoms with Gasteiger partial charge in [-0.1, -0.05) is 6.92 Å². The minimum Gasteiger partial charge on any atom is -0.352 e. The van der Waals surface area contributed by atoms with Crippen molar-refractivity contribution in [3.05, 3.63) is 60.2 Å². The highest BCUT2D eigenvalue weighted by molar-refractivity contribution is 5.67. The van der Waals surface area contributed by atoms with Crippen LogP contribution >= 0.6 is 0 Å². The van der Waals surface area contributed by atoms with Crippen molar-refractivity contribution in [1.82, 2.24) is 15.0 Å². The van der Waals surface area contributed by atoms with Gasteiger partial charge in [0.2, 0.25) is 5.95 Å². The van der Waals surface area contributed by atoms with Crippen LogP contribution in [0.3, 0.4) is 0 Å². The largest absolute Gasteiger partial charge is 0.352 e. The van der Waals surface area contributed by atoms with Crippen LogP contribution in [0, 0.1) is 17.5 Å². The third-order valence-corrected chi connectivity index (χ3v) is 3.93. The van der Waals surface area contributed by atoms with E-state index in [1.165, 1.54) is 0 Å². The highest BCUT2D eigenvalue weighted by atomic mass is 19.1. The summed E-state index contributed by atoms with van der Waals surface area (Å²) in [6.07, 6.45) is 4.09. The highest BCUT2D eigenvalue weighted by Crippen LogP contribution is 2.27. The van der Waals surface area contributed by atoms with Crippen LogP contribution in [0.4, 0.5) is 30.6 Å². The second kappa shape index (κ2) is 8.03. The summed E-state index contributed by atoms with van der Waals surface area (Å²) < 4.78 is 41.1. The predicted octanol–water partition coefficient (Wildman–Crippen LogP) is 4.91. The summed E-state index contributed by atoms with van der Waals surface area (Å²) in [4.78, 5) is 12.8. The van der Waals surface area contributed by atoms with Crippen molar-refractivity contribution >= 4 is 17.5 Å². The maximum Gasteiger partial charge on any atom is 0.225 e. The lowest BCUT2D eigenvalue weighted by Gasteiger charge is -2.15. The molecule has 2 aromatic heterocycles. The molecule has 140 valence electrons. The van der Waals surface area contributed by atoms with E-state index in [1.54, 1.807) is 24.5 Å². The van der Waals surface area contributed by atoms with E-state index in [0.29, 0.717) is 23.8 Å². The number of aromatic nitrogens is 3. The Morgan fingerprint density at radius 3 is 2.44 bits per heavy atom. The average molecular weight is 373 g/mol. The number of hydrogen-bond donors (Lipinski definition) is 2. The maximum absolute atomic E-state index is 14.0. The lowest BCUT2D eigenvalue weighted by Crippen LogP contribution is -2.16. The zero-order chi connectivity index (χ0) is 19.4.